The van der Waals surface area contributed by atoms with Gasteiger partial charge >= 0.3 is 6.09 Å². The lowest BCUT2D eigenvalue weighted by molar-refractivity contribution is 0.149. The number of alkyl carbamates (subject to hydrolysis) is 1. The Hall–Kier alpha value is -0.430. The van der Waals surface area contributed by atoms with Crippen LogP contribution >= 0.6 is 12.6 Å². The van der Waals surface area contributed by atoms with Crippen molar-refractivity contribution in [1.82, 2.24) is 5.32 Å². The number of nitrogens with one attached hydrogen (secondary N) is 1. The first-order valence-electron chi connectivity index (χ1n) is 4.26. The van der Waals surface area contributed by atoms with Crippen molar-refractivity contribution in [3.8, 4) is 0 Å². The Bertz CT molecular complexity index is 314. The highest BCUT2D eigenvalue weighted by Gasteiger charge is 2.36. The van der Waals surface area contributed by atoms with E-state index in [0.29, 0.717) is 0 Å². The maximum atomic E-state index is 11.1. The third-order valence-corrected chi connectivity index (χ3v) is 4.42. The van der Waals surface area contributed by atoms with Crippen molar-refractivity contribution in [3.05, 3.63) is 0 Å². The molecule has 0 unspecified atom stereocenters. The number of ether oxygens (including phenoxy) is 1. The molecule has 1 aliphatic heterocycles. The fourth-order valence-electron chi connectivity index (χ4n) is 1.29. The van der Waals surface area contributed by atoms with Gasteiger partial charge in [0.1, 0.15) is 0 Å². The third-order valence-electron chi connectivity index (χ3n) is 1.90. The monoisotopic (exact) mass is 239 g/mol. The number of carbonyl (C=O) groups excluding carboxylic acids is 1. The van der Waals surface area contributed by atoms with E-state index >= 15 is 0 Å². The summed E-state index contributed by atoms with van der Waals surface area (Å²) < 4.78 is 26.9. The highest BCUT2D eigenvalue weighted by molar-refractivity contribution is 7.93. The predicted octanol–water partition coefficient (Wildman–Crippen LogP) is -0.172. The van der Waals surface area contributed by atoms with E-state index in [9.17, 15) is 13.2 Å². The molecule has 1 aliphatic rings. The molecule has 0 aromatic heterocycles. The Morgan fingerprint density at radius 3 is 2.64 bits per heavy atom. The Kier molecular flexibility index (Phi) is 3.65. The van der Waals surface area contributed by atoms with E-state index in [0.717, 1.165) is 0 Å². The number of sulfone groups is 1. The predicted molar refractivity (Wildman–Crippen MR) is 55.4 cm³/mol. The molecule has 1 saturated heterocycles. The van der Waals surface area contributed by atoms with Gasteiger partial charge in [0.2, 0.25) is 0 Å². The van der Waals surface area contributed by atoms with Gasteiger partial charge in [-0.05, 0) is 6.92 Å². The molecule has 0 aliphatic carbocycles. The van der Waals surface area contributed by atoms with E-state index in [-0.39, 0.29) is 23.4 Å². The first-order valence-corrected chi connectivity index (χ1v) is 6.60. The quantitative estimate of drug-likeness (QED) is 0.656. The van der Waals surface area contributed by atoms with Crippen LogP contribution in [-0.4, -0.2) is 43.9 Å². The summed E-state index contributed by atoms with van der Waals surface area (Å²) in [6.07, 6.45) is -0.589. The first-order chi connectivity index (χ1) is 6.44. The van der Waals surface area contributed by atoms with E-state index in [1.54, 1.807) is 6.92 Å². The minimum Gasteiger partial charge on any atom is -0.450 e. The second-order valence-corrected chi connectivity index (χ2v) is 5.93. The third kappa shape index (κ3) is 3.06. The lowest BCUT2D eigenvalue weighted by Gasteiger charge is -2.14. The fourth-order valence-corrected chi connectivity index (χ4v) is 4.05. The van der Waals surface area contributed by atoms with Gasteiger partial charge in [-0.1, -0.05) is 0 Å². The number of hydrogen-bond acceptors (Lipinski definition) is 5. The van der Waals surface area contributed by atoms with E-state index in [2.05, 4.69) is 22.7 Å². The van der Waals surface area contributed by atoms with Gasteiger partial charge in [0.05, 0.1) is 24.2 Å². The zero-order valence-electron chi connectivity index (χ0n) is 7.76. The molecule has 1 N–H and O–H groups in total. The standard InChI is InChI=1S/C7H13NO4S2/c1-2-12-7(9)8-5-3-14(10,11)4-6(5)13/h5-6,13H,2-4H2,1H3,(H,8,9)/t5-,6+/m0/s1. The van der Waals surface area contributed by atoms with Gasteiger partial charge < -0.3 is 10.1 Å². The van der Waals surface area contributed by atoms with E-state index < -0.39 is 22.0 Å². The number of hydrogen-bond donors (Lipinski definition) is 2. The van der Waals surface area contributed by atoms with Crippen LogP contribution < -0.4 is 5.32 Å². The molecular formula is C7H13NO4S2. The van der Waals surface area contributed by atoms with Gasteiger partial charge in [-0.3, -0.25) is 0 Å². The highest BCUT2D eigenvalue weighted by Crippen LogP contribution is 2.17. The summed E-state index contributed by atoms with van der Waals surface area (Å²) in [5, 5.41) is 2.13. The second kappa shape index (κ2) is 4.39. The topological polar surface area (TPSA) is 72.5 Å². The zero-order chi connectivity index (χ0) is 10.8. The maximum absolute atomic E-state index is 11.1. The number of thiol groups is 1. The van der Waals surface area contributed by atoms with Gasteiger partial charge in [-0.2, -0.15) is 12.6 Å². The minimum atomic E-state index is -3.05. The molecule has 0 saturated carbocycles. The van der Waals surface area contributed by atoms with Crippen LogP contribution in [-0.2, 0) is 14.6 Å². The Morgan fingerprint density at radius 2 is 2.21 bits per heavy atom. The zero-order valence-corrected chi connectivity index (χ0v) is 9.48. The molecule has 2 atom stereocenters. The van der Waals surface area contributed by atoms with Gasteiger partial charge in [0, 0.05) is 5.25 Å². The van der Waals surface area contributed by atoms with Gasteiger partial charge in [0.25, 0.3) is 0 Å². The van der Waals surface area contributed by atoms with Crippen LogP contribution in [0.15, 0.2) is 0 Å². The summed E-state index contributed by atoms with van der Waals surface area (Å²) in [6, 6.07) is -0.442. The minimum absolute atomic E-state index is 0.00713. The molecule has 1 heterocycles. The molecule has 1 fully saturated rings. The van der Waals surface area contributed by atoms with Crippen LogP contribution in [0, 0.1) is 0 Å². The molecule has 0 spiro atoms. The van der Waals surface area contributed by atoms with Crippen molar-refractivity contribution in [3.63, 3.8) is 0 Å². The summed E-state index contributed by atoms with van der Waals surface area (Å²) >= 11 is 4.09. The smallest absolute Gasteiger partial charge is 0.407 e. The molecular weight excluding hydrogens is 226 g/mol. The summed E-state index contributed by atoms with van der Waals surface area (Å²) in [6.45, 7) is 1.95. The lowest BCUT2D eigenvalue weighted by atomic mass is 10.2. The molecule has 14 heavy (non-hydrogen) atoms. The maximum Gasteiger partial charge on any atom is 0.407 e. The summed E-state index contributed by atoms with van der Waals surface area (Å²) in [7, 11) is -3.05. The molecule has 5 nitrogen and oxygen atoms in total. The Labute approximate surface area is 88.5 Å². The van der Waals surface area contributed by atoms with Crippen LogP contribution in [0.25, 0.3) is 0 Å². The van der Waals surface area contributed by atoms with Gasteiger partial charge in [-0.25, -0.2) is 13.2 Å². The molecule has 0 aromatic rings. The van der Waals surface area contributed by atoms with Crippen LogP contribution in [0.5, 0.6) is 0 Å². The number of amides is 1. The summed E-state index contributed by atoms with van der Waals surface area (Å²) in [4.78, 5) is 11.0. The Morgan fingerprint density at radius 1 is 1.57 bits per heavy atom. The van der Waals surface area contributed by atoms with E-state index in [1.165, 1.54) is 0 Å². The summed E-state index contributed by atoms with van der Waals surface area (Å²) in [5.74, 6) is -0.0484. The fraction of sp³-hybridized carbons (Fsp3) is 0.857. The number of carbonyl (C=O) groups is 1. The van der Waals surface area contributed by atoms with Crippen molar-refractivity contribution < 1.29 is 17.9 Å². The number of rotatable bonds is 2. The van der Waals surface area contributed by atoms with Crippen molar-refractivity contribution >= 4 is 28.6 Å². The largest absolute Gasteiger partial charge is 0.450 e. The first kappa shape index (κ1) is 11.6. The van der Waals surface area contributed by atoms with Crippen LogP contribution in [0.2, 0.25) is 0 Å². The SMILES string of the molecule is CCOC(=O)N[C@H]1CS(=O)(=O)C[C@H]1S. The molecule has 1 amide bonds. The van der Waals surface area contributed by atoms with Crippen molar-refractivity contribution in [2.75, 3.05) is 18.1 Å². The van der Waals surface area contributed by atoms with E-state index in [1.807, 2.05) is 0 Å². The van der Waals surface area contributed by atoms with Crippen LogP contribution in [0.3, 0.4) is 0 Å². The van der Waals surface area contributed by atoms with Crippen LogP contribution in [0.4, 0.5) is 4.79 Å². The normalized spacial score (nSPS) is 29.9. The van der Waals surface area contributed by atoms with E-state index in [4.69, 9.17) is 0 Å². The van der Waals surface area contributed by atoms with Gasteiger partial charge in [0.15, 0.2) is 9.84 Å². The van der Waals surface area contributed by atoms with Crippen molar-refractivity contribution in [2.45, 2.75) is 18.2 Å². The van der Waals surface area contributed by atoms with Crippen LogP contribution in [0.1, 0.15) is 6.92 Å². The molecule has 1 rings (SSSR count). The molecule has 82 valence electrons. The average Bonchev–Trinajstić information content (AvgIpc) is 2.25. The average molecular weight is 239 g/mol. The molecule has 0 aromatic carbocycles. The highest BCUT2D eigenvalue weighted by atomic mass is 32.2. The molecule has 0 bridgehead atoms. The van der Waals surface area contributed by atoms with Crippen molar-refractivity contribution in [2.24, 2.45) is 0 Å². The second-order valence-electron chi connectivity index (χ2n) is 3.12. The lowest BCUT2D eigenvalue weighted by Crippen LogP contribution is -2.40. The molecule has 0 radical (unpaired) electrons. The summed E-state index contributed by atoms with van der Waals surface area (Å²) in [5.41, 5.74) is 0. The Balaban J connectivity index is 2.51. The molecule has 7 heteroatoms. The van der Waals surface area contributed by atoms with Gasteiger partial charge in [-0.15, -0.1) is 0 Å². The van der Waals surface area contributed by atoms with Crippen molar-refractivity contribution in [1.29, 1.82) is 0 Å².